The maximum absolute atomic E-state index is 6.12. The fourth-order valence-electron chi connectivity index (χ4n) is 3.34. The van der Waals surface area contributed by atoms with Gasteiger partial charge in [-0.25, -0.2) is 4.98 Å². The van der Waals surface area contributed by atoms with Gasteiger partial charge in [0, 0.05) is 42.3 Å². The van der Waals surface area contributed by atoms with Crippen molar-refractivity contribution in [3.05, 3.63) is 59.6 Å². The van der Waals surface area contributed by atoms with Gasteiger partial charge in [0.1, 0.15) is 5.69 Å². The highest BCUT2D eigenvalue weighted by atomic mass is 35.5. The van der Waals surface area contributed by atoms with E-state index in [9.17, 15) is 0 Å². The second kappa shape index (κ2) is 6.81. The van der Waals surface area contributed by atoms with Crippen LogP contribution in [-0.2, 0) is 0 Å². The Labute approximate surface area is 152 Å². The Balaban J connectivity index is 1.57. The molecule has 0 radical (unpaired) electrons. The molecule has 1 saturated heterocycles. The first-order valence-electron chi connectivity index (χ1n) is 8.44. The zero-order valence-electron chi connectivity index (χ0n) is 14.2. The number of hydrogen-bond acceptors (Lipinski definition) is 4. The van der Waals surface area contributed by atoms with Crippen LogP contribution < -0.4 is 14.5 Å². The number of para-hydroxylation sites is 1. The Morgan fingerprint density at radius 3 is 2.44 bits per heavy atom. The van der Waals surface area contributed by atoms with Gasteiger partial charge in [-0.2, -0.15) is 0 Å². The summed E-state index contributed by atoms with van der Waals surface area (Å²) in [6.07, 6.45) is 0. The Hall–Kier alpha value is -2.46. The maximum atomic E-state index is 6.12. The van der Waals surface area contributed by atoms with E-state index in [4.69, 9.17) is 16.3 Å². The van der Waals surface area contributed by atoms with E-state index in [0.717, 1.165) is 47.8 Å². The van der Waals surface area contributed by atoms with Crippen molar-refractivity contribution in [1.29, 1.82) is 0 Å². The minimum absolute atomic E-state index is 0.690. The van der Waals surface area contributed by atoms with Crippen LogP contribution in [0.5, 0.6) is 5.88 Å². The summed E-state index contributed by atoms with van der Waals surface area (Å²) < 4.78 is 5.55. The van der Waals surface area contributed by atoms with Gasteiger partial charge in [0.05, 0.1) is 12.6 Å². The predicted molar refractivity (Wildman–Crippen MR) is 104 cm³/mol. The minimum atomic E-state index is 0.690. The molecule has 4 rings (SSSR count). The van der Waals surface area contributed by atoms with E-state index >= 15 is 0 Å². The van der Waals surface area contributed by atoms with E-state index in [1.165, 1.54) is 5.69 Å². The van der Waals surface area contributed by atoms with Crippen LogP contribution in [0.3, 0.4) is 0 Å². The van der Waals surface area contributed by atoms with Crippen LogP contribution >= 0.6 is 11.6 Å². The highest BCUT2D eigenvalue weighted by Crippen LogP contribution is 2.31. The predicted octanol–water partition coefficient (Wildman–Crippen LogP) is 4.22. The Kier molecular flexibility index (Phi) is 4.36. The number of fused-ring (bicyclic) bond motifs is 1. The van der Waals surface area contributed by atoms with Crippen LogP contribution in [0.1, 0.15) is 0 Å². The lowest BCUT2D eigenvalue weighted by atomic mass is 10.1. The number of aromatic nitrogens is 1. The Morgan fingerprint density at radius 1 is 0.920 bits per heavy atom. The van der Waals surface area contributed by atoms with Crippen molar-refractivity contribution in [3.63, 3.8) is 0 Å². The van der Waals surface area contributed by atoms with Gasteiger partial charge in [-0.15, -0.1) is 0 Å². The number of rotatable bonds is 3. The molecule has 2 heterocycles. The molecule has 4 nitrogen and oxygen atoms in total. The highest BCUT2D eigenvalue weighted by Gasteiger charge is 2.21. The smallest absolute Gasteiger partial charge is 0.237 e. The topological polar surface area (TPSA) is 28.6 Å². The number of piperazine rings is 1. The standard InChI is InChI=1S/C20H20ClN3O/c1-25-20-19(13-15-5-2-3-8-18(15)22-20)24-11-9-23(10-12-24)17-7-4-6-16(21)14-17/h2-8,13-14H,9-12H2,1H3. The van der Waals surface area contributed by atoms with Crippen LogP contribution in [0.4, 0.5) is 11.4 Å². The molecular weight excluding hydrogens is 334 g/mol. The van der Waals surface area contributed by atoms with Gasteiger partial charge in [0.25, 0.3) is 0 Å². The average molecular weight is 354 g/mol. The van der Waals surface area contributed by atoms with E-state index in [-0.39, 0.29) is 0 Å². The first-order chi connectivity index (χ1) is 12.2. The van der Waals surface area contributed by atoms with Gasteiger partial charge in [0.2, 0.25) is 5.88 Å². The van der Waals surface area contributed by atoms with Gasteiger partial charge in [-0.3, -0.25) is 0 Å². The highest BCUT2D eigenvalue weighted by molar-refractivity contribution is 6.30. The molecule has 0 unspecified atom stereocenters. The van der Waals surface area contributed by atoms with E-state index < -0.39 is 0 Å². The molecule has 0 spiro atoms. The molecule has 0 N–H and O–H groups in total. The number of nitrogens with zero attached hydrogens (tertiary/aromatic N) is 3. The van der Waals surface area contributed by atoms with Gasteiger partial charge in [-0.1, -0.05) is 35.9 Å². The first-order valence-corrected chi connectivity index (χ1v) is 8.81. The lowest BCUT2D eigenvalue weighted by Crippen LogP contribution is -2.46. The van der Waals surface area contributed by atoms with Crippen molar-refractivity contribution in [1.82, 2.24) is 4.98 Å². The van der Waals surface area contributed by atoms with E-state index in [1.54, 1.807) is 7.11 Å². The SMILES string of the molecule is COc1nc2ccccc2cc1N1CCN(c2cccc(Cl)c2)CC1. The molecule has 0 atom stereocenters. The molecule has 5 heteroatoms. The quantitative estimate of drug-likeness (QED) is 0.704. The van der Waals surface area contributed by atoms with E-state index in [0.29, 0.717) is 5.88 Å². The van der Waals surface area contributed by atoms with E-state index in [2.05, 4.69) is 33.0 Å². The molecule has 1 fully saturated rings. The van der Waals surface area contributed by atoms with Crippen molar-refractivity contribution in [2.45, 2.75) is 0 Å². The molecule has 3 aromatic rings. The number of ether oxygens (including phenoxy) is 1. The summed E-state index contributed by atoms with van der Waals surface area (Å²) >= 11 is 6.12. The number of benzene rings is 2. The third kappa shape index (κ3) is 3.22. The zero-order chi connectivity index (χ0) is 17.2. The van der Waals surface area contributed by atoms with Gasteiger partial charge in [0.15, 0.2) is 0 Å². The van der Waals surface area contributed by atoms with Crippen LogP contribution in [0.25, 0.3) is 10.9 Å². The fraction of sp³-hybridized carbons (Fsp3) is 0.250. The number of hydrogen-bond donors (Lipinski definition) is 0. The van der Waals surface area contributed by atoms with Crippen molar-refractivity contribution in [2.75, 3.05) is 43.1 Å². The molecule has 1 aromatic heterocycles. The van der Waals surface area contributed by atoms with Crippen molar-refractivity contribution in [2.24, 2.45) is 0 Å². The largest absolute Gasteiger partial charge is 0.480 e. The van der Waals surface area contributed by atoms with Crippen molar-refractivity contribution >= 4 is 33.9 Å². The second-order valence-corrected chi connectivity index (χ2v) is 6.60. The molecule has 25 heavy (non-hydrogen) atoms. The summed E-state index contributed by atoms with van der Waals surface area (Å²) in [6.45, 7) is 3.72. The van der Waals surface area contributed by atoms with Crippen LogP contribution in [-0.4, -0.2) is 38.3 Å². The minimum Gasteiger partial charge on any atom is -0.480 e. The molecule has 0 aliphatic carbocycles. The third-order valence-corrected chi connectivity index (χ3v) is 4.89. The van der Waals surface area contributed by atoms with Crippen molar-refractivity contribution in [3.8, 4) is 5.88 Å². The molecule has 1 aliphatic heterocycles. The summed E-state index contributed by atoms with van der Waals surface area (Å²) in [4.78, 5) is 9.37. The van der Waals surface area contributed by atoms with Crippen LogP contribution in [0.2, 0.25) is 5.02 Å². The maximum Gasteiger partial charge on any atom is 0.237 e. The van der Waals surface area contributed by atoms with Gasteiger partial charge < -0.3 is 14.5 Å². The van der Waals surface area contributed by atoms with Gasteiger partial charge >= 0.3 is 0 Å². The van der Waals surface area contributed by atoms with Crippen LogP contribution in [0, 0.1) is 0 Å². The molecule has 1 aliphatic rings. The molecule has 0 amide bonds. The normalized spacial score (nSPS) is 14.8. The van der Waals surface area contributed by atoms with Crippen LogP contribution in [0.15, 0.2) is 54.6 Å². The van der Waals surface area contributed by atoms with Crippen molar-refractivity contribution < 1.29 is 4.74 Å². The summed E-state index contributed by atoms with van der Waals surface area (Å²) in [5.74, 6) is 0.690. The first kappa shape index (κ1) is 16.0. The summed E-state index contributed by atoms with van der Waals surface area (Å²) in [7, 11) is 1.68. The molecule has 0 saturated carbocycles. The monoisotopic (exact) mass is 353 g/mol. The molecule has 2 aromatic carbocycles. The number of pyridine rings is 1. The molecule has 128 valence electrons. The lowest BCUT2D eigenvalue weighted by Gasteiger charge is -2.37. The Morgan fingerprint density at radius 2 is 1.68 bits per heavy atom. The van der Waals surface area contributed by atoms with E-state index in [1.807, 2.05) is 36.4 Å². The second-order valence-electron chi connectivity index (χ2n) is 6.16. The number of anilines is 2. The number of methoxy groups -OCH3 is 1. The summed E-state index contributed by atoms with van der Waals surface area (Å²) in [6, 6.07) is 18.4. The zero-order valence-corrected chi connectivity index (χ0v) is 14.9. The van der Waals surface area contributed by atoms with Gasteiger partial charge in [-0.05, 0) is 30.3 Å². The summed E-state index contributed by atoms with van der Waals surface area (Å²) in [5.41, 5.74) is 3.20. The Bertz CT molecular complexity index is 891. The lowest BCUT2D eigenvalue weighted by molar-refractivity contribution is 0.398. The average Bonchev–Trinajstić information content (AvgIpc) is 2.67. The molecular formula is C20H20ClN3O. The third-order valence-electron chi connectivity index (χ3n) is 4.66. The summed E-state index contributed by atoms with van der Waals surface area (Å²) in [5, 5.41) is 1.91. The number of halogens is 1. The fourth-order valence-corrected chi connectivity index (χ4v) is 3.53. The molecule has 0 bridgehead atoms.